The van der Waals surface area contributed by atoms with Crippen molar-refractivity contribution < 1.29 is 9.59 Å². The normalized spacial score (nSPS) is 13.9. The first kappa shape index (κ1) is 19.6. The molecule has 1 aromatic carbocycles. The Morgan fingerprint density at radius 1 is 1.07 bits per heavy atom. The fourth-order valence-electron chi connectivity index (χ4n) is 3.19. The van der Waals surface area contributed by atoms with Crippen LogP contribution in [0.2, 0.25) is 0 Å². The third-order valence-electron chi connectivity index (χ3n) is 4.89. The Morgan fingerprint density at radius 3 is 2.29 bits per heavy atom. The number of rotatable bonds is 7. The lowest BCUT2D eigenvalue weighted by molar-refractivity contribution is -0.119. The summed E-state index contributed by atoms with van der Waals surface area (Å²) in [6, 6.07) is 8.14. The van der Waals surface area contributed by atoms with Crippen LogP contribution in [0.3, 0.4) is 0 Å². The van der Waals surface area contributed by atoms with Crippen molar-refractivity contribution in [2.75, 3.05) is 49.5 Å². The minimum atomic E-state index is -0.159. The van der Waals surface area contributed by atoms with Gasteiger partial charge in [0.05, 0.1) is 12.4 Å². The van der Waals surface area contributed by atoms with Gasteiger partial charge in [0.25, 0.3) is 5.91 Å². The summed E-state index contributed by atoms with van der Waals surface area (Å²) in [5.41, 5.74) is 2.40. The number of benzene rings is 1. The molecule has 148 valence electrons. The Labute approximate surface area is 165 Å². The van der Waals surface area contributed by atoms with E-state index in [1.807, 2.05) is 12.1 Å². The molecule has 2 aromatic rings. The van der Waals surface area contributed by atoms with Gasteiger partial charge in [-0.2, -0.15) is 0 Å². The highest BCUT2D eigenvalue weighted by Gasteiger charge is 2.22. The Bertz CT molecular complexity index is 781. The van der Waals surface area contributed by atoms with Crippen LogP contribution in [0, 0.1) is 0 Å². The standard InChI is InChI=1S/C20H26N6O2/c1-3-25(4-2)17-7-5-16(6-8-17)23-19-14-21-18(13-22-19)20(28)26-11-9-24(15-27)10-12-26/h5-8,13-15H,3-4,9-12H2,1-2H3,(H,22,23). The minimum absolute atomic E-state index is 0.159. The molecule has 0 aliphatic carbocycles. The van der Waals surface area contributed by atoms with Gasteiger partial charge >= 0.3 is 0 Å². The van der Waals surface area contributed by atoms with E-state index in [9.17, 15) is 9.59 Å². The maximum absolute atomic E-state index is 12.5. The number of piperazine rings is 1. The van der Waals surface area contributed by atoms with Crippen molar-refractivity contribution in [3.8, 4) is 0 Å². The fourth-order valence-corrected chi connectivity index (χ4v) is 3.19. The first-order chi connectivity index (χ1) is 13.6. The van der Waals surface area contributed by atoms with Crippen molar-refractivity contribution in [3.05, 3.63) is 42.4 Å². The number of carbonyl (C=O) groups is 2. The summed E-state index contributed by atoms with van der Waals surface area (Å²) in [7, 11) is 0. The summed E-state index contributed by atoms with van der Waals surface area (Å²) in [5, 5.41) is 3.20. The van der Waals surface area contributed by atoms with Gasteiger partial charge in [-0.15, -0.1) is 0 Å². The monoisotopic (exact) mass is 382 g/mol. The largest absolute Gasteiger partial charge is 0.372 e. The highest BCUT2D eigenvalue weighted by Crippen LogP contribution is 2.20. The van der Waals surface area contributed by atoms with Gasteiger partial charge in [-0.1, -0.05) is 0 Å². The van der Waals surface area contributed by atoms with Gasteiger partial charge < -0.3 is 20.0 Å². The molecule has 1 aliphatic rings. The average molecular weight is 382 g/mol. The van der Waals surface area contributed by atoms with E-state index in [-0.39, 0.29) is 5.91 Å². The molecule has 8 heteroatoms. The SMILES string of the molecule is CCN(CC)c1ccc(Nc2cnc(C(=O)N3CCN(C=O)CC3)cn2)cc1. The molecule has 0 spiro atoms. The minimum Gasteiger partial charge on any atom is -0.372 e. The molecule has 1 saturated heterocycles. The molecule has 0 radical (unpaired) electrons. The fraction of sp³-hybridized carbons (Fsp3) is 0.400. The summed E-state index contributed by atoms with van der Waals surface area (Å²) < 4.78 is 0. The molecule has 1 N–H and O–H groups in total. The van der Waals surface area contributed by atoms with E-state index in [0.717, 1.165) is 25.2 Å². The molecule has 3 rings (SSSR count). The van der Waals surface area contributed by atoms with Crippen LogP contribution < -0.4 is 10.2 Å². The van der Waals surface area contributed by atoms with E-state index in [1.165, 1.54) is 11.9 Å². The van der Waals surface area contributed by atoms with Crippen LogP contribution in [-0.4, -0.2) is 71.4 Å². The molecule has 2 heterocycles. The summed E-state index contributed by atoms with van der Waals surface area (Å²) in [6.07, 6.45) is 3.87. The molecule has 1 aromatic heterocycles. The molecule has 0 atom stereocenters. The predicted molar refractivity (Wildman–Crippen MR) is 109 cm³/mol. The zero-order valence-electron chi connectivity index (χ0n) is 16.3. The second-order valence-corrected chi connectivity index (χ2v) is 6.56. The van der Waals surface area contributed by atoms with Crippen LogP contribution in [0.5, 0.6) is 0 Å². The molecule has 0 bridgehead atoms. The number of carbonyl (C=O) groups excluding carboxylic acids is 2. The van der Waals surface area contributed by atoms with Crippen LogP contribution in [0.15, 0.2) is 36.7 Å². The van der Waals surface area contributed by atoms with E-state index in [1.54, 1.807) is 16.0 Å². The number of amides is 2. The smallest absolute Gasteiger partial charge is 0.274 e. The number of nitrogens with one attached hydrogen (secondary N) is 1. The molecule has 1 aliphatic heterocycles. The van der Waals surface area contributed by atoms with Crippen molar-refractivity contribution in [1.82, 2.24) is 19.8 Å². The second-order valence-electron chi connectivity index (χ2n) is 6.56. The van der Waals surface area contributed by atoms with Gasteiger partial charge in [-0.05, 0) is 38.1 Å². The quantitative estimate of drug-likeness (QED) is 0.738. The van der Waals surface area contributed by atoms with E-state index in [4.69, 9.17) is 0 Å². The third kappa shape index (κ3) is 4.57. The summed E-state index contributed by atoms with van der Waals surface area (Å²) in [4.78, 5) is 37.5. The zero-order chi connectivity index (χ0) is 19.9. The number of aromatic nitrogens is 2. The molecule has 8 nitrogen and oxygen atoms in total. The molecular formula is C20H26N6O2. The van der Waals surface area contributed by atoms with Crippen LogP contribution in [0.1, 0.15) is 24.3 Å². The lowest BCUT2D eigenvalue weighted by Crippen LogP contribution is -2.48. The van der Waals surface area contributed by atoms with Crippen LogP contribution in [-0.2, 0) is 4.79 Å². The van der Waals surface area contributed by atoms with E-state index < -0.39 is 0 Å². The number of hydrogen-bond donors (Lipinski definition) is 1. The first-order valence-electron chi connectivity index (χ1n) is 9.57. The van der Waals surface area contributed by atoms with Crippen LogP contribution >= 0.6 is 0 Å². The molecule has 0 saturated carbocycles. The third-order valence-corrected chi connectivity index (χ3v) is 4.89. The van der Waals surface area contributed by atoms with Gasteiger partial charge in [0.1, 0.15) is 11.5 Å². The maximum atomic E-state index is 12.5. The van der Waals surface area contributed by atoms with Gasteiger partial charge in [0.2, 0.25) is 6.41 Å². The maximum Gasteiger partial charge on any atom is 0.274 e. The topological polar surface area (TPSA) is 81.7 Å². The zero-order valence-corrected chi connectivity index (χ0v) is 16.3. The Kier molecular flexibility index (Phi) is 6.41. The van der Waals surface area contributed by atoms with Gasteiger partial charge in [0.15, 0.2) is 0 Å². The Morgan fingerprint density at radius 2 is 1.75 bits per heavy atom. The number of hydrogen-bond acceptors (Lipinski definition) is 6. The van der Waals surface area contributed by atoms with Gasteiger partial charge in [0, 0.05) is 50.6 Å². The Balaban J connectivity index is 1.60. The molecule has 1 fully saturated rings. The summed E-state index contributed by atoms with van der Waals surface area (Å²) in [6.45, 7) is 8.32. The van der Waals surface area contributed by atoms with Crippen molar-refractivity contribution in [2.45, 2.75) is 13.8 Å². The van der Waals surface area contributed by atoms with Crippen LogP contribution in [0.4, 0.5) is 17.2 Å². The summed E-state index contributed by atoms with van der Waals surface area (Å²) in [5.74, 6) is 0.422. The van der Waals surface area contributed by atoms with Crippen molar-refractivity contribution in [3.63, 3.8) is 0 Å². The second kappa shape index (κ2) is 9.16. The molecule has 0 unspecified atom stereocenters. The highest BCUT2D eigenvalue weighted by molar-refractivity contribution is 5.92. The first-order valence-corrected chi connectivity index (χ1v) is 9.57. The van der Waals surface area contributed by atoms with E-state index >= 15 is 0 Å². The molecular weight excluding hydrogens is 356 g/mol. The van der Waals surface area contributed by atoms with E-state index in [2.05, 4.69) is 46.2 Å². The number of anilines is 3. The lowest BCUT2D eigenvalue weighted by atomic mass is 10.2. The van der Waals surface area contributed by atoms with Crippen molar-refractivity contribution >= 4 is 29.5 Å². The molecule has 28 heavy (non-hydrogen) atoms. The van der Waals surface area contributed by atoms with Crippen LogP contribution in [0.25, 0.3) is 0 Å². The van der Waals surface area contributed by atoms with Crippen molar-refractivity contribution in [2.24, 2.45) is 0 Å². The summed E-state index contributed by atoms with van der Waals surface area (Å²) >= 11 is 0. The predicted octanol–water partition coefficient (Wildman–Crippen LogP) is 1.98. The van der Waals surface area contributed by atoms with Gasteiger partial charge in [-0.25, -0.2) is 9.97 Å². The average Bonchev–Trinajstić information content (AvgIpc) is 2.76. The highest BCUT2D eigenvalue weighted by atomic mass is 16.2. The Hall–Kier alpha value is -3.16. The molecule has 2 amide bonds. The van der Waals surface area contributed by atoms with Crippen molar-refractivity contribution in [1.29, 1.82) is 0 Å². The lowest BCUT2D eigenvalue weighted by Gasteiger charge is -2.32. The van der Waals surface area contributed by atoms with Gasteiger partial charge in [-0.3, -0.25) is 9.59 Å². The van der Waals surface area contributed by atoms with E-state index in [0.29, 0.717) is 37.7 Å². The number of nitrogens with zero attached hydrogens (tertiary/aromatic N) is 5.